The molecular weight excluding hydrogens is 477 g/mol. The maximum atomic E-state index is 12.0. The maximum Gasteiger partial charge on any atom is 0.353 e. The molecule has 0 aliphatic carbocycles. The maximum absolute atomic E-state index is 12.0. The Labute approximate surface area is 196 Å². The van der Waals surface area contributed by atoms with Gasteiger partial charge in [-0.1, -0.05) is 23.2 Å². The Kier molecular flexibility index (Phi) is 7.26. The second-order valence-electron chi connectivity index (χ2n) is 6.37. The summed E-state index contributed by atoms with van der Waals surface area (Å²) < 4.78 is 9.38. The molecule has 0 saturated heterocycles. The van der Waals surface area contributed by atoms with Crippen molar-refractivity contribution in [2.45, 2.75) is 0 Å². The van der Waals surface area contributed by atoms with Gasteiger partial charge in [-0.25, -0.2) is 19.6 Å². The molecule has 0 radical (unpaired) electrons. The van der Waals surface area contributed by atoms with Crippen molar-refractivity contribution in [3.63, 3.8) is 0 Å². The lowest BCUT2D eigenvalue weighted by Crippen LogP contribution is -2.09. The molecule has 0 unspecified atom stereocenters. The lowest BCUT2D eigenvalue weighted by atomic mass is 10.1. The van der Waals surface area contributed by atoms with Crippen molar-refractivity contribution in [2.24, 2.45) is 0 Å². The van der Waals surface area contributed by atoms with Crippen molar-refractivity contribution >= 4 is 63.8 Å². The Balaban J connectivity index is 2.05. The third kappa shape index (κ3) is 5.64. The topological polar surface area (TPSA) is 146 Å². The zero-order valence-electron chi connectivity index (χ0n) is 17.1. The highest BCUT2D eigenvalue weighted by Crippen LogP contribution is 2.34. The predicted octanol–water partition coefficient (Wildman–Crippen LogP) is 4.75. The van der Waals surface area contributed by atoms with Gasteiger partial charge in [0, 0.05) is 21.4 Å². The molecule has 3 rings (SSSR count). The van der Waals surface area contributed by atoms with Crippen molar-refractivity contribution in [3.05, 3.63) is 74.0 Å². The van der Waals surface area contributed by atoms with Crippen molar-refractivity contribution < 1.29 is 24.0 Å². The molecule has 13 heteroatoms. The molecule has 170 valence electrons. The lowest BCUT2D eigenvalue weighted by Gasteiger charge is -2.12. The number of aromatic nitrogens is 2. The van der Waals surface area contributed by atoms with E-state index < -0.39 is 22.5 Å². The highest BCUT2D eigenvalue weighted by molar-refractivity contribution is 6.35. The monoisotopic (exact) mass is 491 g/mol. The van der Waals surface area contributed by atoms with Gasteiger partial charge in [-0.3, -0.25) is 10.1 Å². The molecule has 1 aromatic heterocycles. The third-order valence-electron chi connectivity index (χ3n) is 4.17. The number of nitrogens with zero attached hydrogens (tertiary/aromatic N) is 3. The minimum Gasteiger partial charge on any atom is -0.465 e. The number of benzene rings is 2. The molecule has 2 aromatic carbocycles. The number of nitro groups is 1. The van der Waals surface area contributed by atoms with Gasteiger partial charge in [0.05, 0.1) is 30.3 Å². The van der Waals surface area contributed by atoms with Crippen LogP contribution in [-0.2, 0) is 9.47 Å². The first-order valence-electron chi connectivity index (χ1n) is 9.03. The Hall–Kier alpha value is -3.96. The molecular formula is C20H15Cl2N5O6. The standard InChI is InChI=1S/C20H15Cl2N5O6/c1-32-19(28)10-3-11(20(29)33-2)5-14(4-10)25-17-16(27(30)31)18(24-9-23-17)26-15-7-12(21)6-13(22)8-15/h3-9H,1-2H3,(H2,23,24,25,26). The zero-order valence-corrected chi connectivity index (χ0v) is 18.6. The predicted molar refractivity (Wildman–Crippen MR) is 121 cm³/mol. The summed E-state index contributed by atoms with van der Waals surface area (Å²) in [6.07, 6.45) is 1.09. The van der Waals surface area contributed by atoms with Crippen molar-refractivity contribution in [1.29, 1.82) is 0 Å². The average molecular weight is 492 g/mol. The zero-order chi connectivity index (χ0) is 24.1. The summed E-state index contributed by atoms with van der Waals surface area (Å²) in [7, 11) is 2.35. The SMILES string of the molecule is COC(=O)c1cc(Nc2ncnc(Nc3cc(Cl)cc(Cl)c3)c2[N+](=O)[O-])cc(C(=O)OC)c1. The summed E-state index contributed by atoms with van der Waals surface area (Å²) >= 11 is 12.0. The molecule has 33 heavy (non-hydrogen) atoms. The lowest BCUT2D eigenvalue weighted by molar-refractivity contribution is -0.383. The van der Waals surface area contributed by atoms with Crippen LogP contribution < -0.4 is 10.6 Å². The van der Waals surface area contributed by atoms with Gasteiger partial charge in [0.1, 0.15) is 6.33 Å². The van der Waals surface area contributed by atoms with E-state index in [2.05, 4.69) is 20.6 Å². The van der Waals surface area contributed by atoms with E-state index >= 15 is 0 Å². The fraction of sp³-hybridized carbons (Fsp3) is 0.100. The van der Waals surface area contributed by atoms with Crippen molar-refractivity contribution in [3.8, 4) is 0 Å². The van der Waals surface area contributed by atoms with Crippen LogP contribution in [0.25, 0.3) is 0 Å². The first-order valence-corrected chi connectivity index (χ1v) is 9.78. The molecule has 3 aromatic rings. The van der Waals surface area contributed by atoms with E-state index in [1.54, 1.807) is 0 Å². The van der Waals surface area contributed by atoms with E-state index in [9.17, 15) is 19.7 Å². The van der Waals surface area contributed by atoms with Crippen LogP contribution in [0.4, 0.5) is 28.7 Å². The summed E-state index contributed by atoms with van der Waals surface area (Å²) in [6.45, 7) is 0. The van der Waals surface area contributed by atoms with Gasteiger partial charge in [0.25, 0.3) is 0 Å². The molecule has 1 heterocycles. The number of ether oxygens (including phenoxy) is 2. The molecule has 0 bridgehead atoms. The van der Waals surface area contributed by atoms with Crippen LogP contribution in [0.5, 0.6) is 0 Å². The van der Waals surface area contributed by atoms with E-state index in [4.69, 9.17) is 32.7 Å². The fourth-order valence-corrected chi connectivity index (χ4v) is 3.33. The highest BCUT2D eigenvalue weighted by atomic mass is 35.5. The number of carbonyl (C=O) groups is 2. The van der Waals surface area contributed by atoms with E-state index in [1.807, 2.05) is 0 Å². The van der Waals surface area contributed by atoms with E-state index in [-0.39, 0.29) is 28.5 Å². The molecule has 11 nitrogen and oxygen atoms in total. The second kappa shape index (κ2) is 10.1. The number of anilines is 4. The average Bonchev–Trinajstić information content (AvgIpc) is 2.77. The molecule has 0 atom stereocenters. The number of esters is 2. The molecule has 0 saturated carbocycles. The number of nitrogens with one attached hydrogen (secondary N) is 2. The number of rotatable bonds is 7. The molecule has 0 fully saturated rings. The number of carbonyl (C=O) groups excluding carboxylic acids is 2. The smallest absolute Gasteiger partial charge is 0.353 e. The quantitative estimate of drug-likeness (QED) is 0.269. The third-order valence-corrected chi connectivity index (χ3v) is 4.60. The van der Waals surface area contributed by atoms with Crippen LogP contribution in [0, 0.1) is 10.1 Å². The number of hydrogen-bond donors (Lipinski definition) is 2. The van der Waals surface area contributed by atoms with Gasteiger partial charge >= 0.3 is 17.6 Å². The summed E-state index contributed by atoms with van der Waals surface area (Å²) in [5.74, 6) is -1.79. The van der Waals surface area contributed by atoms with Crippen LogP contribution >= 0.6 is 23.2 Å². The Bertz CT molecular complexity index is 1200. The largest absolute Gasteiger partial charge is 0.465 e. The normalized spacial score (nSPS) is 10.3. The highest BCUT2D eigenvalue weighted by Gasteiger charge is 2.24. The van der Waals surface area contributed by atoms with Gasteiger partial charge < -0.3 is 20.1 Å². The van der Waals surface area contributed by atoms with Crippen LogP contribution in [0.15, 0.2) is 42.7 Å². The van der Waals surface area contributed by atoms with Crippen LogP contribution in [0.3, 0.4) is 0 Å². The van der Waals surface area contributed by atoms with Crippen LogP contribution in [0.2, 0.25) is 10.0 Å². The van der Waals surface area contributed by atoms with Crippen LogP contribution in [0.1, 0.15) is 20.7 Å². The Morgan fingerprint density at radius 1 is 0.848 bits per heavy atom. The van der Waals surface area contributed by atoms with Gasteiger partial charge in [0.2, 0.25) is 11.6 Å². The first-order chi connectivity index (χ1) is 15.7. The van der Waals surface area contributed by atoms with Crippen molar-refractivity contribution in [2.75, 3.05) is 24.9 Å². The summed E-state index contributed by atoms with van der Waals surface area (Å²) in [5, 5.41) is 18.0. The summed E-state index contributed by atoms with van der Waals surface area (Å²) in [5.41, 5.74) is 0.0486. The molecule has 0 spiro atoms. The fourth-order valence-electron chi connectivity index (χ4n) is 2.81. The number of hydrogen-bond acceptors (Lipinski definition) is 10. The van der Waals surface area contributed by atoms with Gasteiger partial charge in [-0.2, -0.15) is 0 Å². The van der Waals surface area contributed by atoms with Gasteiger partial charge in [-0.05, 0) is 36.4 Å². The summed E-state index contributed by atoms with van der Waals surface area (Å²) in [6, 6.07) is 8.47. The van der Waals surface area contributed by atoms with Gasteiger partial charge in [0.15, 0.2) is 0 Å². The molecule has 2 N–H and O–H groups in total. The molecule has 0 aliphatic heterocycles. The van der Waals surface area contributed by atoms with Crippen LogP contribution in [-0.4, -0.2) is 41.0 Å². The Morgan fingerprint density at radius 3 is 1.73 bits per heavy atom. The Morgan fingerprint density at radius 2 is 1.30 bits per heavy atom. The first kappa shape index (κ1) is 23.7. The minimum atomic E-state index is -0.721. The number of methoxy groups -OCH3 is 2. The van der Waals surface area contributed by atoms with E-state index in [0.717, 1.165) is 6.33 Å². The van der Waals surface area contributed by atoms with Crippen molar-refractivity contribution in [1.82, 2.24) is 9.97 Å². The minimum absolute atomic E-state index is 0.0199. The molecule has 0 amide bonds. The van der Waals surface area contributed by atoms with E-state index in [0.29, 0.717) is 15.7 Å². The number of halogens is 2. The van der Waals surface area contributed by atoms with E-state index in [1.165, 1.54) is 50.6 Å². The molecule has 0 aliphatic rings. The second-order valence-corrected chi connectivity index (χ2v) is 7.24. The van der Waals surface area contributed by atoms with Gasteiger partial charge in [-0.15, -0.1) is 0 Å². The summed E-state index contributed by atoms with van der Waals surface area (Å²) in [4.78, 5) is 43.0.